The number of carbonyl (C=O) groups excluding carboxylic acids is 2. The highest BCUT2D eigenvalue weighted by molar-refractivity contribution is 6.06. The van der Waals surface area contributed by atoms with E-state index < -0.39 is 35.0 Å². The average molecular weight is 499 g/mol. The van der Waals surface area contributed by atoms with E-state index in [9.17, 15) is 35.9 Å². The number of amides is 2. The molecule has 2 aliphatic heterocycles. The number of halogens is 6. The van der Waals surface area contributed by atoms with E-state index >= 15 is 0 Å². The average Bonchev–Trinajstić information content (AvgIpc) is 3.51. The number of carbonyl (C=O) groups is 2. The summed E-state index contributed by atoms with van der Waals surface area (Å²) in [6.07, 6.45) is -6.46. The fourth-order valence-corrected chi connectivity index (χ4v) is 4.40. The smallest absolute Gasteiger partial charge is 0.371 e. The van der Waals surface area contributed by atoms with Gasteiger partial charge in [0.1, 0.15) is 0 Å². The highest BCUT2D eigenvalue weighted by Crippen LogP contribution is 2.37. The number of likely N-dealkylation sites (tertiary alicyclic amines) is 1. The molecule has 2 aromatic rings. The summed E-state index contributed by atoms with van der Waals surface area (Å²) < 4.78 is 79.0. The number of hydrogen-bond donors (Lipinski definition) is 1. The summed E-state index contributed by atoms with van der Waals surface area (Å²) in [5.41, 5.74) is -2.81. The summed E-state index contributed by atoms with van der Waals surface area (Å²) in [4.78, 5) is 29.6. The van der Waals surface area contributed by atoms with Crippen molar-refractivity contribution in [3.63, 3.8) is 0 Å². The van der Waals surface area contributed by atoms with Crippen LogP contribution in [-0.4, -0.2) is 42.9 Å². The Hall–Kier alpha value is -3.24. The van der Waals surface area contributed by atoms with Crippen molar-refractivity contribution in [3.05, 3.63) is 58.7 Å². The van der Waals surface area contributed by atoms with Crippen LogP contribution in [-0.2, 0) is 12.4 Å². The zero-order valence-electron chi connectivity index (χ0n) is 18.6. The Morgan fingerprint density at radius 1 is 0.743 bits per heavy atom. The van der Waals surface area contributed by atoms with Gasteiger partial charge in [-0.25, -0.2) is 0 Å². The lowest BCUT2D eigenvalue weighted by molar-refractivity contribution is -0.143. The van der Waals surface area contributed by atoms with Gasteiger partial charge in [-0.15, -0.1) is 0 Å². The Labute approximate surface area is 197 Å². The largest absolute Gasteiger partial charge is 0.416 e. The zero-order chi connectivity index (χ0) is 25.4. The molecule has 2 heterocycles. The first-order valence-electron chi connectivity index (χ1n) is 11.2. The summed E-state index contributed by atoms with van der Waals surface area (Å²) in [7, 11) is 0. The highest BCUT2D eigenvalue weighted by Gasteiger charge is 2.37. The molecule has 2 aliphatic rings. The second-order valence-corrected chi connectivity index (χ2v) is 8.67. The fourth-order valence-electron chi connectivity index (χ4n) is 4.40. The minimum absolute atomic E-state index is 0.0333. The van der Waals surface area contributed by atoms with Crippen molar-refractivity contribution >= 4 is 23.2 Å². The van der Waals surface area contributed by atoms with Crippen molar-refractivity contribution in [2.24, 2.45) is 0 Å². The molecule has 1 N–H and O–H groups in total. The van der Waals surface area contributed by atoms with Crippen molar-refractivity contribution in [3.8, 4) is 0 Å². The standard InChI is InChI=1S/C24H23F6N3O2/c25-23(26,27)16-11-15(12-17(13-16)24(28,29)30)21(34)31-18-5-6-20(32-7-1-2-8-32)19(14-18)22(35)33-9-3-4-10-33/h5-6,11-14H,1-4,7-10H2,(H,31,34). The molecule has 5 nitrogen and oxygen atoms in total. The van der Waals surface area contributed by atoms with E-state index in [0.29, 0.717) is 36.5 Å². The third-order valence-corrected chi connectivity index (χ3v) is 6.17. The van der Waals surface area contributed by atoms with Gasteiger partial charge in [0, 0.05) is 43.1 Å². The molecule has 0 saturated carbocycles. The molecule has 2 amide bonds. The Kier molecular flexibility index (Phi) is 6.70. The summed E-state index contributed by atoms with van der Waals surface area (Å²) in [5, 5.41) is 2.36. The SMILES string of the molecule is O=C(Nc1ccc(N2CCCC2)c(C(=O)N2CCCC2)c1)c1cc(C(F)(F)F)cc(C(F)(F)F)c1. The Morgan fingerprint density at radius 2 is 1.29 bits per heavy atom. The van der Waals surface area contributed by atoms with Gasteiger partial charge in [0.15, 0.2) is 0 Å². The minimum atomic E-state index is -5.07. The zero-order valence-corrected chi connectivity index (χ0v) is 18.6. The first kappa shape index (κ1) is 24.9. The lowest BCUT2D eigenvalue weighted by Crippen LogP contribution is -2.30. The van der Waals surface area contributed by atoms with Crippen molar-refractivity contribution in [2.45, 2.75) is 38.0 Å². The number of anilines is 2. The highest BCUT2D eigenvalue weighted by atomic mass is 19.4. The molecule has 35 heavy (non-hydrogen) atoms. The van der Waals surface area contributed by atoms with Gasteiger partial charge in [0.25, 0.3) is 11.8 Å². The number of nitrogens with zero attached hydrogens (tertiary/aromatic N) is 2. The summed E-state index contributed by atoms with van der Waals surface area (Å²) in [5.74, 6) is -1.37. The van der Waals surface area contributed by atoms with Gasteiger partial charge in [0.05, 0.1) is 16.7 Å². The Balaban J connectivity index is 1.66. The minimum Gasteiger partial charge on any atom is -0.371 e. The maximum Gasteiger partial charge on any atom is 0.416 e. The van der Waals surface area contributed by atoms with Crippen molar-refractivity contribution in [1.29, 1.82) is 0 Å². The molecule has 0 atom stereocenters. The van der Waals surface area contributed by atoms with E-state index in [1.54, 1.807) is 11.0 Å². The molecule has 2 fully saturated rings. The van der Waals surface area contributed by atoms with Crippen LogP contribution in [0, 0.1) is 0 Å². The molecule has 0 radical (unpaired) electrons. The summed E-state index contributed by atoms with van der Waals surface area (Å²) >= 11 is 0. The first-order chi connectivity index (χ1) is 16.4. The molecule has 11 heteroatoms. The molecule has 0 aromatic heterocycles. The van der Waals surface area contributed by atoms with E-state index in [-0.39, 0.29) is 17.7 Å². The van der Waals surface area contributed by atoms with Gasteiger partial charge in [-0.1, -0.05) is 0 Å². The van der Waals surface area contributed by atoms with Crippen LogP contribution in [0.15, 0.2) is 36.4 Å². The van der Waals surface area contributed by atoms with Gasteiger partial charge in [-0.05, 0) is 62.1 Å². The number of benzene rings is 2. The van der Waals surface area contributed by atoms with Gasteiger partial charge in [0.2, 0.25) is 0 Å². The normalized spacial score (nSPS) is 16.6. The number of alkyl halides is 6. The van der Waals surface area contributed by atoms with Crippen LogP contribution < -0.4 is 10.2 Å². The van der Waals surface area contributed by atoms with Gasteiger partial charge in [-0.3, -0.25) is 9.59 Å². The first-order valence-corrected chi connectivity index (χ1v) is 11.2. The Morgan fingerprint density at radius 3 is 1.83 bits per heavy atom. The van der Waals surface area contributed by atoms with Crippen LogP contribution in [0.5, 0.6) is 0 Å². The molecule has 2 aromatic carbocycles. The molecule has 4 rings (SSSR count). The molecule has 2 saturated heterocycles. The van der Waals surface area contributed by atoms with Crippen LogP contribution in [0.2, 0.25) is 0 Å². The maximum absolute atomic E-state index is 13.2. The fraction of sp³-hybridized carbons (Fsp3) is 0.417. The predicted molar refractivity (Wildman–Crippen MR) is 117 cm³/mol. The van der Waals surface area contributed by atoms with E-state index in [0.717, 1.165) is 38.8 Å². The molecule has 0 aliphatic carbocycles. The lowest BCUT2D eigenvalue weighted by Gasteiger charge is -2.24. The van der Waals surface area contributed by atoms with E-state index in [4.69, 9.17) is 0 Å². The van der Waals surface area contributed by atoms with Gasteiger partial charge < -0.3 is 15.1 Å². The lowest BCUT2D eigenvalue weighted by atomic mass is 10.0. The number of hydrogen-bond acceptors (Lipinski definition) is 3. The van der Waals surface area contributed by atoms with Crippen LogP contribution in [0.4, 0.5) is 37.7 Å². The van der Waals surface area contributed by atoms with Crippen molar-refractivity contribution < 1.29 is 35.9 Å². The third-order valence-electron chi connectivity index (χ3n) is 6.17. The number of nitrogens with one attached hydrogen (secondary N) is 1. The molecule has 0 spiro atoms. The van der Waals surface area contributed by atoms with Gasteiger partial charge >= 0.3 is 12.4 Å². The van der Waals surface area contributed by atoms with Crippen molar-refractivity contribution in [2.75, 3.05) is 36.4 Å². The quantitative estimate of drug-likeness (QED) is 0.540. The molecule has 0 unspecified atom stereocenters. The second kappa shape index (κ2) is 9.43. The summed E-state index contributed by atoms with van der Waals surface area (Å²) in [6, 6.07) is 5.29. The van der Waals surface area contributed by atoms with E-state index in [1.165, 1.54) is 12.1 Å². The monoisotopic (exact) mass is 499 g/mol. The van der Waals surface area contributed by atoms with Crippen LogP contribution in [0.25, 0.3) is 0 Å². The molecular formula is C24H23F6N3O2. The topological polar surface area (TPSA) is 52.7 Å². The maximum atomic E-state index is 13.2. The number of rotatable bonds is 4. The summed E-state index contributed by atoms with van der Waals surface area (Å²) in [6.45, 7) is 2.71. The van der Waals surface area contributed by atoms with Crippen molar-refractivity contribution in [1.82, 2.24) is 4.90 Å². The molecular weight excluding hydrogens is 476 g/mol. The molecule has 188 valence electrons. The Bertz CT molecular complexity index is 1080. The van der Waals surface area contributed by atoms with Crippen LogP contribution >= 0.6 is 0 Å². The molecule has 0 bridgehead atoms. The van der Waals surface area contributed by atoms with Crippen LogP contribution in [0.1, 0.15) is 57.5 Å². The van der Waals surface area contributed by atoms with Gasteiger partial charge in [-0.2, -0.15) is 26.3 Å². The van der Waals surface area contributed by atoms with E-state index in [1.807, 2.05) is 0 Å². The predicted octanol–water partition coefficient (Wildman–Crippen LogP) is 5.81. The third kappa shape index (κ3) is 5.54. The van der Waals surface area contributed by atoms with Crippen LogP contribution in [0.3, 0.4) is 0 Å². The van der Waals surface area contributed by atoms with E-state index in [2.05, 4.69) is 10.2 Å². The second-order valence-electron chi connectivity index (χ2n) is 8.67.